The van der Waals surface area contributed by atoms with Gasteiger partial charge in [-0.15, -0.1) is 0 Å². The third-order valence-electron chi connectivity index (χ3n) is 5.35. The molecule has 0 saturated carbocycles. The number of likely N-dealkylation sites (tertiary alicyclic amines) is 1. The van der Waals surface area contributed by atoms with Crippen LogP contribution < -0.4 is 10.6 Å². The summed E-state index contributed by atoms with van der Waals surface area (Å²) in [5.74, 6) is 3.42. The number of ether oxygens (including phenoxy) is 1. The Hall–Kier alpha value is -1.67. The van der Waals surface area contributed by atoms with Gasteiger partial charge < -0.3 is 20.3 Å². The van der Waals surface area contributed by atoms with Crippen molar-refractivity contribution in [3.05, 3.63) is 11.6 Å². The fourth-order valence-corrected chi connectivity index (χ4v) is 3.90. The van der Waals surface area contributed by atoms with Crippen LogP contribution in [0.15, 0.2) is 4.99 Å². The summed E-state index contributed by atoms with van der Waals surface area (Å²) in [7, 11) is 3.51. The van der Waals surface area contributed by atoms with Crippen LogP contribution >= 0.6 is 0 Å². The molecule has 26 heavy (non-hydrogen) atoms. The Bertz CT molecular complexity index is 600. The molecule has 2 N–H and O–H groups in total. The first-order valence-corrected chi connectivity index (χ1v) is 9.82. The summed E-state index contributed by atoms with van der Waals surface area (Å²) in [5.41, 5.74) is 0. The number of guanidine groups is 1. The number of methoxy groups -OCH3 is 1. The van der Waals surface area contributed by atoms with Crippen LogP contribution in [0.2, 0.25) is 0 Å². The topological polar surface area (TPSA) is 79.6 Å². The summed E-state index contributed by atoms with van der Waals surface area (Å²) < 4.78 is 7.14. The maximum Gasteiger partial charge on any atom is 0.191 e. The first-order chi connectivity index (χ1) is 12.7. The van der Waals surface area contributed by atoms with Gasteiger partial charge in [0.05, 0.1) is 6.54 Å². The van der Waals surface area contributed by atoms with Gasteiger partial charge in [-0.2, -0.15) is 5.10 Å². The van der Waals surface area contributed by atoms with Gasteiger partial charge in [-0.3, -0.25) is 4.99 Å². The lowest BCUT2D eigenvalue weighted by molar-refractivity contribution is 0.177. The van der Waals surface area contributed by atoms with Gasteiger partial charge in [-0.25, -0.2) is 9.67 Å². The van der Waals surface area contributed by atoms with Crippen LogP contribution in [0.4, 0.5) is 0 Å². The highest BCUT2D eigenvalue weighted by atomic mass is 16.5. The van der Waals surface area contributed by atoms with Gasteiger partial charge in [0.25, 0.3) is 0 Å². The number of hydrogen-bond acceptors (Lipinski definition) is 5. The molecule has 1 saturated heterocycles. The van der Waals surface area contributed by atoms with E-state index in [1.165, 1.54) is 25.9 Å². The summed E-state index contributed by atoms with van der Waals surface area (Å²) in [5, 5.41) is 11.6. The average molecular weight is 364 g/mol. The van der Waals surface area contributed by atoms with E-state index >= 15 is 0 Å². The Labute approximate surface area is 156 Å². The molecule has 1 aromatic heterocycles. The van der Waals surface area contributed by atoms with Crippen molar-refractivity contribution in [1.29, 1.82) is 0 Å². The monoisotopic (exact) mass is 363 g/mol. The number of rotatable bonds is 6. The van der Waals surface area contributed by atoms with Crippen molar-refractivity contribution < 1.29 is 4.74 Å². The molecular formula is C18H33N7O. The first-order valence-electron chi connectivity index (χ1n) is 9.82. The van der Waals surface area contributed by atoms with E-state index in [1.54, 1.807) is 7.11 Å². The summed E-state index contributed by atoms with van der Waals surface area (Å²) in [6, 6.07) is 0.323. The van der Waals surface area contributed by atoms with E-state index in [0.29, 0.717) is 18.6 Å². The molecule has 8 nitrogen and oxygen atoms in total. The van der Waals surface area contributed by atoms with E-state index in [2.05, 4.69) is 37.5 Å². The quantitative estimate of drug-likeness (QED) is 0.570. The molecule has 3 heterocycles. The van der Waals surface area contributed by atoms with Crippen LogP contribution in [0.5, 0.6) is 0 Å². The van der Waals surface area contributed by atoms with Gasteiger partial charge in [-0.1, -0.05) is 6.92 Å². The maximum absolute atomic E-state index is 5.13. The Morgan fingerprint density at radius 1 is 1.35 bits per heavy atom. The van der Waals surface area contributed by atoms with Crippen LogP contribution in [-0.2, 0) is 24.3 Å². The van der Waals surface area contributed by atoms with Gasteiger partial charge >= 0.3 is 0 Å². The molecule has 0 amide bonds. The fourth-order valence-electron chi connectivity index (χ4n) is 3.90. The predicted octanol–water partition coefficient (Wildman–Crippen LogP) is 0.636. The number of nitrogens with one attached hydrogen (secondary N) is 2. The van der Waals surface area contributed by atoms with Crippen LogP contribution in [0.3, 0.4) is 0 Å². The maximum atomic E-state index is 5.13. The molecule has 2 unspecified atom stereocenters. The molecule has 2 aliphatic heterocycles. The number of aliphatic imine (C=N–C) groups is 1. The number of aromatic nitrogens is 3. The molecule has 0 radical (unpaired) electrons. The number of nitrogens with zero attached hydrogens (tertiary/aromatic N) is 5. The minimum Gasteiger partial charge on any atom is -0.377 e. The summed E-state index contributed by atoms with van der Waals surface area (Å²) >= 11 is 0. The second-order valence-electron chi connectivity index (χ2n) is 7.29. The third-order valence-corrected chi connectivity index (χ3v) is 5.35. The van der Waals surface area contributed by atoms with E-state index < -0.39 is 0 Å². The van der Waals surface area contributed by atoms with E-state index in [0.717, 1.165) is 50.1 Å². The van der Waals surface area contributed by atoms with Crippen molar-refractivity contribution in [3.8, 4) is 0 Å². The zero-order valence-corrected chi connectivity index (χ0v) is 16.4. The Morgan fingerprint density at radius 3 is 3.00 bits per heavy atom. The van der Waals surface area contributed by atoms with E-state index in [4.69, 9.17) is 4.74 Å². The van der Waals surface area contributed by atoms with E-state index in [1.807, 2.05) is 11.7 Å². The Balaban J connectivity index is 1.47. The van der Waals surface area contributed by atoms with Gasteiger partial charge in [0, 0.05) is 39.7 Å². The molecule has 8 heteroatoms. The van der Waals surface area contributed by atoms with Crippen molar-refractivity contribution in [3.63, 3.8) is 0 Å². The van der Waals surface area contributed by atoms with Crippen LogP contribution in [0, 0.1) is 5.92 Å². The predicted molar refractivity (Wildman–Crippen MR) is 102 cm³/mol. The van der Waals surface area contributed by atoms with Gasteiger partial charge in [0.15, 0.2) is 11.8 Å². The van der Waals surface area contributed by atoms with E-state index in [-0.39, 0.29) is 0 Å². The normalized spacial score (nSPS) is 24.3. The Morgan fingerprint density at radius 2 is 2.23 bits per heavy atom. The van der Waals surface area contributed by atoms with Crippen LogP contribution in [0.1, 0.15) is 37.8 Å². The summed E-state index contributed by atoms with van der Waals surface area (Å²) in [6.45, 7) is 8.10. The highest BCUT2D eigenvalue weighted by Crippen LogP contribution is 2.16. The summed E-state index contributed by atoms with van der Waals surface area (Å²) in [6.07, 6.45) is 4.57. The number of aryl methyl sites for hydroxylation is 1. The average Bonchev–Trinajstić information content (AvgIpc) is 3.07. The SMILES string of the molecule is CCN1CCCC(CNC(=NC)NC2CCc3nc(COC)nn3C2)C1. The standard InChI is InChI=1S/C18H33N7O/c1-4-24-9-5-6-14(11-24)10-20-18(19-2)21-15-7-8-17-22-16(13-26-3)23-25(17)12-15/h14-15H,4-13H2,1-3H3,(H2,19,20,21). The third kappa shape index (κ3) is 4.94. The minimum absolute atomic E-state index is 0.323. The van der Waals surface area contributed by atoms with Gasteiger partial charge in [0.2, 0.25) is 0 Å². The lowest BCUT2D eigenvalue weighted by atomic mass is 9.98. The van der Waals surface area contributed by atoms with Crippen molar-refractivity contribution >= 4 is 5.96 Å². The zero-order valence-electron chi connectivity index (χ0n) is 16.4. The smallest absolute Gasteiger partial charge is 0.191 e. The molecule has 0 bridgehead atoms. The highest BCUT2D eigenvalue weighted by molar-refractivity contribution is 5.79. The zero-order chi connectivity index (χ0) is 18.4. The fraction of sp³-hybridized carbons (Fsp3) is 0.833. The molecule has 2 aliphatic rings. The molecule has 2 atom stereocenters. The van der Waals surface area contributed by atoms with Crippen molar-refractivity contribution in [2.75, 3.05) is 40.3 Å². The highest BCUT2D eigenvalue weighted by Gasteiger charge is 2.23. The van der Waals surface area contributed by atoms with Crippen molar-refractivity contribution in [2.24, 2.45) is 10.9 Å². The number of piperidine rings is 1. The Kier molecular flexibility index (Phi) is 6.85. The van der Waals surface area contributed by atoms with Crippen LogP contribution in [-0.4, -0.2) is 72.0 Å². The van der Waals surface area contributed by atoms with Gasteiger partial charge in [0.1, 0.15) is 12.4 Å². The lowest BCUT2D eigenvalue weighted by Crippen LogP contribution is -2.49. The van der Waals surface area contributed by atoms with Crippen molar-refractivity contribution in [1.82, 2.24) is 30.3 Å². The first kappa shape index (κ1) is 19.1. The number of fused-ring (bicyclic) bond motifs is 1. The molecule has 1 aromatic rings. The largest absolute Gasteiger partial charge is 0.377 e. The second kappa shape index (κ2) is 9.32. The summed E-state index contributed by atoms with van der Waals surface area (Å²) in [4.78, 5) is 11.5. The number of hydrogen-bond donors (Lipinski definition) is 2. The molecule has 0 spiro atoms. The molecular weight excluding hydrogens is 330 g/mol. The molecule has 0 aromatic carbocycles. The minimum atomic E-state index is 0.323. The van der Waals surface area contributed by atoms with E-state index in [9.17, 15) is 0 Å². The molecule has 3 rings (SSSR count). The molecule has 0 aliphatic carbocycles. The lowest BCUT2D eigenvalue weighted by Gasteiger charge is -2.32. The molecule has 146 valence electrons. The van der Waals surface area contributed by atoms with Crippen molar-refractivity contribution in [2.45, 2.75) is 51.8 Å². The second-order valence-corrected chi connectivity index (χ2v) is 7.29. The van der Waals surface area contributed by atoms with Gasteiger partial charge in [-0.05, 0) is 38.3 Å². The molecule has 1 fully saturated rings. The van der Waals surface area contributed by atoms with Crippen LogP contribution in [0.25, 0.3) is 0 Å².